The SMILES string of the molecule is CC1CC(O)(CC#N)C1. The van der Waals surface area contributed by atoms with Crippen LogP contribution in [0.15, 0.2) is 0 Å². The van der Waals surface area contributed by atoms with Crippen molar-refractivity contribution in [1.82, 2.24) is 0 Å². The summed E-state index contributed by atoms with van der Waals surface area (Å²) >= 11 is 0. The second-order valence-electron chi connectivity index (χ2n) is 3.07. The maximum atomic E-state index is 9.36. The van der Waals surface area contributed by atoms with E-state index in [2.05, 4.69) is 6.92 Å². The van der Waals surface area contributed by atoms with Crippen molar-refractivity contribution in [2.75, 3.05) is 0 Å². The van der Waals surface area contributed by atoms with E-state index in [1.807, 2.05) is 6.07 Å². The van der Waals surface area contributed by atoms with E-state index in [1.165, 1.54) is 0 Å². The lowest BCUT2D eigenvalue weighted by molar-refractivity contribution is -0.0630. The quantitative estimate of drug-likeness (QED) is 0.569. The van der Waals surface area contributed by atoms with Gasteiger partial charge in [0.15, 0.2) is 0 Å². The predicted molar refractivity (Wildman–Crippen MR) is 33.6 cm³/mol. The summed E-state index contributed by atoms with van der Waals surface area (Å²) in [7, 11) is 0. The van der Waals surface area contributed by atoms with E-state index in [-0.39, 0.29) is 0 Å². The minimum Gasteiger partial charge on any atom is -0.389 e. The van der Waals surface area contributed by atoms with Crippen LogP contribution >= 0.6 is 0 Å². The summed E-state index contributed by atoms with van der Waals surface area (Å²) in [6, 6.07) is 1.98. The molecule has 0 atom stereocenters. The summed E-state index contributed by atoms with van der Waals surface area (Å²) < 4.78 is 0. The summed E-state index contributed by atoms with van der Waals surface area (Å²) in [6.45, 7) is 2.09. The van der Waals surface area contributed by atoms with Crippen molar-refractivity contribution in [3.05, 3.63) is 0 Å². The molecule has 0 radical (unpaired) electrons. The monoisotopic (exact) mass is 125 g/mol. The zero-order valence-electron chi connectivity index (χ0n) is 5.59. The van der Waals surface area contributed by atoms with Gasteiger partial charge in [-0.05, 0) is 18.8 Å². The molecule has 1 saturated carbocycles. The van der Waals surface area contributed by atoms with Crippen LogP contribution < -0.4 is 0 Å². The molecule has 50 valence electrons. The molecule has 0 aliphatic heterocycles. The molecule has 1 rings (SSSR count). The fourth-order valence-electron chi connectivity index (χ4n) is 1.53. The van der Waals surface area contributed by atoms with Crippen LogP contribution in [-0.2, 0) is 0 Å². The topological polar surface area (TPSA) is 44.0 Å². The first-order valence-electron chi connectivity index (χ1n) is 3.26. The van der Waals surface area contributed by atoms with E-state index in [0.717, 1.165) is 12.8 Å². The second kappa shape index (κ2) is 2.00. The first-order chi connectivity index (χ1) is 4.16. The van der Waals surface area contributed by atoms with Crippen molar-refractivity contribution >= 4 is 0 Å². The Morgan fingerprint density at radius 3 is 2.67 bits per heavy atom. The number of hydrogen-bond donors (Lipinski definition) is 1. The summed E-state index contributed by atoms with van der Waals surface area (Å²) in [5.41, 5.74) is -0.617. The van der Waals surface area contributed by atoms with Crippen molar-refractivity contribution in [3.63, 3.8) is 0 Å². The summed E-state index contributed by atoms with van der Waals surface area (Å²) in [5, 5.41) is 17.6. The fourth-order valence-corrected chi connectivity index (χ4v) is 1.53. The van der Waals surface area contributed by atoms with Gasteiger partial charge in [-0.1, -0.05) is 6.92 Å². The second-order valence-corrected chi connectivity index (χ2v) is 3.07. The third-order valence-electron chi connectivity index (χ3n) is 1.86. The molecule has 1 aliphatic carbocycles. The molecule has 2 nitrogen and oxygen atoms in total. The lowest BCUT2D eigenvalue weighted by Crippen LogP contribution is -2.42. The number of hydrogen-bond acceptors (Lipinski definition) is 2. The highest BCUT2D eigenvalue weighted by atomic mass is 16.3. The highest BCUT2D eigenvalue weighted by Crippen LogP contribution is 2.39. The molecule has 0 aromatic rings. The lowest BCUT2D eigenvalue weighted by Gasteiger charge is -2.40. The Labute approximate surface area is 55.1 Å². The molecule has 0 aromatic carbocycles. The van der Waals surface area contributed by atoms with Gasteiger partial charge in [-0.2, -0.15) is 5.26 Å². The summed E-state index contributed by atoms with van der Waals surface area (Å²) in [4.78, 5) is 0. The van der Waals surface area contributed by atoms with Gasteiger partial charge in [0.05, 0.1) is 18.1 Å². The molecule has 0 aromatic heterocycles. The highest BCUT2D eigenvalue weighted by Gasteiger charge is 2.39. The predicted octanol–water partition coefficient (Wildman–Crippen LogP) is 1.06. The molecule has 0 amide bonds. The molecule has 0 heterocycles. The average molecular weight is 125 g/mol. The van der Waals surface area contributed by atoms with Gasteiger partial charge in [0.2, 0.25) is 0 Å². The first-order valence-corrected chi connectivity index (χ1v) is 3.26. The van der Waals surface area contributed by atoms with Crippen LogP contribution in [0, 0.1) is 17.2 Å². The van der Waals surface area contributed by atoms with Gasteiger partial charge in [0, 0.05) is 0 Å². The van der Waals surface area contributed by atoms with Crippen LogP contribution in [0.5, 0.6) is 0 Å². The molecule has 0 bridgehead atoms. The van der Waals surface area contributed by atoms with Gasteiger partial charge in [0.25, 0.3) is 0 Å². The van der Waals surface area contributed by atoms with E-state index in [9.17, 15) is 5.11 Å². The van der Waals surface area contributed by atoms with Crippen molar-refractivity contribution in [3.8, 4) is 6.07 Å². The third kappa shape index (κ3) is 1.22. The lowest BCUT2D eigenvalue weighted by atomic mass is 9.70. The number of aliphatic hydroxyl groups is 1. The maximum Gasteiger partial charge on any atom is 0.0782 e. The number of nitriles is 1. The van der Waals surface area contributed by atoms with Crippen molar-refractivity contribution < 1.29 is 5.11 Å². The fraction of sp³-hybridized carbons (Fsp3) is 0.857. The molecule has 1 fully saturated rings. The van der Waals surface area contributed by atoms with E-state index in [1.54, 1.807) is 0 Å². The largest absolute Gasteiger partial charge is 0.389 e. The van der Waals surface area contributed by atoms with Crippen LogP contribution in [0.4, 0.5) is 0 Å². The normalized spacial score (nSPS) is 41.2. The number of rotatable bonds is 1. The Hall–Kier alpha value is -0.550. The van der Waals surface area contributed by atoms with Crippen LogP contribution in [0.1, 0.15) is 26.2 Å². The summed E-state index contributed by atoms with van der Waals surface area (Å²) in [6.07, 6.45) is 1.92. The zero-order chi connectivity index (χ0) is 6.91. The molecule has 2 heteroatoms. The number of nitrogens with zero attached hydrogens (tertiary/aromatic N) is 1. The maximum absolute atomic E-state index is 9.36. The van der Waals surface area contributed by atoms with E-state index in [0.29, 0.717) is 12.3 Å². The van der Waals surface area contributed by atoms with Crippen LogP contribution in [0.3, 0.4) is 0 Å². The molecule has 0 saturated heterocycles. The minimum atomic E-state index is -0.617. The Morgan fingerprint density at radius 1 is 1.78 bits per heavy atom. The third-order valence-corrected chi connectivity index (χ3v) is 1.86. The van der Waals surface area contributed by atoms with Gasteiger partial charge in [-0.15, -0.1) is 0 Å². The Balaban J connectivity index is 2.34. The Morgan fingerprint density at radius 2 is 2.33 bits per heavy atom. The van der Waals surface area contributed by atoms with Crippen LogP contribution in [-0.4, -0.2) is 10.7 Å². The zero-order valence-corrected chi connectivity index (χ0v) is 5.59. The Bertz CT molecular complexity index is 141. The van der Waals surface area contributed by atoms with Gasteiger partial charge >= 0.3 is 0 Å². The van der Waals surface area contributed by atoms with E-state index < -0.39 is 5.60 Å². The molecule has 1 N–H and O–H groups in total. The first kappa shape index (κ1) is 6.57. The molecule has 9 heavy (non-hydrogen) atoms. The van der Waals surface area contributed by atoms with E-state index in [4.69, 9.17) is 5.26 Å². The van der Waals surface area contributed by atoms with Gasteiger partial charge in [0.1, 0.15) is 0 Å². The molecular formula is C7H11NO. The van der Waals surface area contributed by atoms with Crippen molar-refractivity contribution in [2.24, 2.45) is 5.92 Å². The Kier molecular flexibility index (Phi) is 1.46. The van der Waals surface area contributed by atoms with Gasteiger partial charge < -0.3 is 5.11 Å². The minimum absolute atomic E-state index is 0.303. The molecule has 0 spiro atoms. The van der Waals surface area contributed by atoms with Gasteiger partial charge in [-0.3, -0.25) is 0 Å². The van der Waals surface area contributed by atoms with Crippen molar-refractivity contribution in [1.29, 1.82) is 5.26 Å². The summed E-state index contributed by atoms with van der Waals surface area (Å²) in [5.74, 6) is 0.614. The smallest absolute Gasteiger partial charge is 0.0782 e. The molecule has 0 unspecified atom stereocenters. The van der Waals surface area contributed by atoms with Crippen molar-refractivity contribution in [2.45, 2.75) is 31.8 Å². The van der Waals surface area contributed by atoms with E-state index >= 15 is 0 Å². The highest BCUT2D eigenvalue weighted by molar-refractivity contribution is 4.97. The molecule has 1 aliphatic rings. The molecular weight excluding hydrogens is 114 g/mol. The van der Waals surface area contributed by atoms with Gasteiger partial charge in [-0.25, -0.2) is 0 Å². The standard InChI is InChI=1S/C7H11NO/c1-6-4-7(9,5-6)2-3-8/h6,9H,2,4-5H2,1H3. The average Bonchev–Trinajstić information content (AvgIpc) is 1.62. The van der Waals surface area contributed by atoms with Crippen LogP contribution in [0.2, 0.25) is 0 Å². The van der Waals surface area contributed by atoms with Crippen LogP contribution in [0.25, 0.3) is 0 Å².